The van der Waals surface area contributed by atoms with Gasteiger partial charge in [-0.15, -0.1) is 0 Å². The Balaban J connectivity index is 2.23. The monoisotopic (exact) mass is 358 g/mol. The van der Waals surface area contributed by atoms with Crippen molar-refractivity contribution in [2.24, 2.45) is 5.73 Å². The molecule has 0 aromatic heterocycles. The molecule has 1 atom stereocenters. The highest BCUT2D eigenvalue weighted by Crippen LogP contribution is 2.34. The summed E-state index contributed by atoms with van der Waals surface area (Å²) in [6, 6.07) is 12.9. The van der Waals surface area contributed by atoms with Crippen LogP contribution in [-0.2, 0) is 6.18 Å². The van der Waals surface area contributed by atoms with Crippen LogP contribution in [0.5, 0.6) is 0 Å². The zero-order valence-electron chi connectivity index (χ0n) is 11.0. The maximum atomic E-state index is 12.6. The summed E-state index contributed by atoms with van der Waals surface area (Å²) in [5, 5.41) is 3.15. The molecule has 0 aliphatic heterocycles. The minimum atomic E-state index is -4.35. The Kier molecular flexibility index (Phi) is 4.90. The first-order valence-electron chi connectivity index (χ1n) is 6.30. The highest BCUT2D eigenvalue weighted by molar-refractivity contribution is 9.10. The summed E-state index contributed by atoms with van der Waals surface area (Å²) in [6.45, 7) is 0.331. The minimum Gasteiger partial charge on any atom is -0.376 e. The smallest absolute Gasteiger partial charge is 0.376 e. The first kappa shape index (κ1) is 15.9. The number of nitrogens with two attached hydrogens (primary N) is 1. The van der Waals surface area contributed by atoms with E-state index in [-0.39, 0.29) is 6.04 Å². The van der Waals surface area contributed by atoms with E-state index < -0.39 is 11.7 Å². The van der Waals surface area contributed by atoms with Crippen LogP contribution in [0, 0.1) is 0 Å². The average Bonchev–Trinajstić information content (AvgIpc) is 2.46. The SMILES string of the molecule is NCC(Nc1ccc(C(F)(F)F)cc1Br)c1ccccc1. The molecule has 2 aromatic carbocycles. The Hall–Kier alpha value is -1.53. The number of nitrogens with one attached hydrogen (secondary N) is 1. The summed E-state index contributed by atoms with van der Waals surface area (Å²) in [6.07, 6.45) is -4.35. The molecular weight excluding hydrogens is 345 g/mol. The zero-order valence-corrected chi connectivity index (χ0v) is 12.6. The van der Waals surface area contributed by atoms with Gasteiger partial charge < -0.3 is 11.1 Å². The van der Waals surface area contributed by atoms with Crippen LogP contribution in [0.25, 0.3) is 0 Å². The quantitative estimate of drug-likeness (QED) is 0.839. The van der Waals surface area contributed by atoms with Crippen LogP contribution in [-0.4, -0.2) is 6.54 Å². The van der Waals surface area contributed by atoms with Gasteiger partial charge in [0.05, 0.1) is 11.6 Å². The third-order valence-corrected chi connectivity index (χ3v) is 3.72. The average molecular weight is 359 g/mol. The standard InChI is InChI=1S/C15H14BrF3N2/c16-12-8-11(15(17,18)19)6-7-13(12)21-14(9-20)10-4-2-1-3-5-10/h1-8,14,21H,9,20H2. The molecule has 6 heteroatoms. The summed E-state index contributed by atoms with van der Waals surface area (Å²) in [4.78, 5) is 0. The lowest BCUT2D eigenvalue weighted by Crippen LogP contribution is -2.20. The van der Waals surface area contributed by atoms with Crippen LogP contribution < -0.4 is 11.1 Å². The van der Waals surface area contributed by atoms with Gasteiger partial charge in [-0.05, 0) is 39.7 Å². The number of alkyl halides is 3. The molecule has 21 heavy (non-hydrogen) atoms. The zero-order chi connectivity index (χ0) is 15.5. The number of benzene rings is 2. The van der Waals surface area contributed by atoms with Gasteiger partial charge in [0.1, 0.15) is 0 Å². The molecule has 112 valence electrons. The third kappa shape index (κ3) is 3.98. The Morgan fingerprint density at radius 3 is 2.29 bits per heavy atom. The molecule has 0 fully saturated rings. The highest BCUT2D eigenvalue weighted by Gasteiger charge is 2.30. The molecule has 0 aliphatic carbocycles. The van der Waals surface area contributed by atoms with E-state index in [1.54, 1.807) is 0 Å². The fourth-order valence-corrected chi connectivity index (χ4v) is 2.45. The van der Waals surface area contributed by atoms with Crippen molar-refractivity contribution in [2.45, 2.75) is 12.2 Å². The van der Waals surface area contributed by atoms with Gasteiger partial charge in [0.25, 0.3) is 0 Å². The van der Waals surface area contributed by atoms with E-state index in [9.17, 15) is 13.2 Å². The van der Waals surface area contributed by atoms with Crippen LogP contribution >= 0.6 is 15.9 Å². The second-order valence-corrected chi connectivity index (χ2v) is 5.39. The van der Waals surface area contributed by atoms with E-state index in [2.05, 4.69) is 21.2 Å². The minimum absolute atomic E-state index is 0.167. The Morgan fingerprint density at radius 1 is 1.10 bits per heavy atom. The molecule has 0 amide bonds. The van der Waals surface area contributed by atoms with Crippen LogP contribution in [0.1, 0.15) is 17.2 Å². The molecule has 0 aliphatic rings. The summed E-state index contributed by atoms with van der Waals surface area (Å²) >= 11 is 3.17. The summed E-state index contributed by atoms with van der Waals surface area (Å²) in [7, 11) is 0. The number of hydrogen-bond donors (Lipinski definition) is 2. The lowest BCUT2D eigenvalue weighted by molar-refractivity contribution is -0.137. The van der Waals surface area contributed by atoms with Gasteiger partial charge in [0, 0.05) is 16.7 Å². The van der Waals surface area contributed by atoms with Crippen molar-refractivity contribution in [3.8, 4) is 0 Å². The molecule has 2 aromatic rings. The van der Waals surface area contributed by atoms with Gasteiger partial charge >= 0.3 is 6.18 Å². The maximum absolute atomic E-state index is 12.6. The number of rotatable bonds is 4. The molecule has 0 bridgehead atoms. The van der Waals surface area contributed by atoms with E-state index in [1.807, 2.05) is 30.3 Å². The topological polar surface area (TPSA) is 38.0 Å². The summed E-state index contributed by atoms with van der Waals surface area (Å²) < 4.78 is 38.2. The summed E-state index contributed by atoms with van der Waals surface area (Å²) in [5.74, 6) is 0. The molecule has 2 nitrogen and oxygen atoms in total. The van der Waals surface area contributed by atoms with Gasteiger partial charge in [-0.25, -0.2) is 0 Å². The Morgan fingerprint density at radius 2 is 1.76 bits per heavy atom. The molecular formula is C15H14BrF3N2. The fraction of sp³-hybridized carbons (Fsp3) is 0.200. The lowest BCUT2D eigenvalue weighted by atomic mass is 10.1. The van der Waals surface area contributed by atoms with Crippen LogP contribution in [0.3, 0.4) is 0 Å². The van der Waals surface area contributed by atoms with E-state index >= 15 is 0 Å². The van der Waals surface area contributed by atoms with Gasteiger partial charge in [-0.2, -0.15) is 13.2 Å². The van der Waals surface area contributed by atoms with Crippen LogP contribution in [0.15, 0.2) is 53.0 Å². The Labute approximate surface area is 129 Å². The first-order valence-corrected chi connectivity index (χ1v) is 7.09. The molecule has 0 saturated heterocycles. The van der Waals surface area contributed by atoms with Crippen molar-refractivity contribution < 1.29 is 13.2 Å². The van der Waals surface area contributed by atoms with Crippen molar-refractivity contribution in [3.63, 3.8) is 0 Å². The highest BCUT2D eigenvalue weighted by atomic mass is 79.9. The molecule has 2 rings (SSSR count). The van der Waals surface area contributed by atoms with Crippen molar-refractivity contribution in [1.82, 2.24) is 0 Å². The molecule has 3 N–H and O–H groups in total. The molecule has 0 saturated carbocycles. The van der Waals surface area contributed by atoms with Gasteiger partial charge in [-0.3, -0.25) is 0 Å². The van der Waals surface area contributed by atoms with E-state index in [1.165, 1.54) is 6.07 Å². The first-order chi connectivity index (χ1) is 9.91. The van der Waals surface area contributed by atoms with E-state index in [0.29, 0.717) is 16.7 Å². The lowest BCUT2D eigenvalue weighted by Gasteiger charge is -2.20. The summed E-state index contributed by atoms with van der Waals surface area (Å²) in [5.41, 5.74) is 6.60. The van der Waals surface area contributed by atoms with Gasteiger partial charge in [0.2, 0.25) is 0 Å². The number of halogens is 4. The Bertz CT molecular complexity index is 600. The third-order valence-electron chi connectivity index (χ3n) is 3.06. The predicted octanol–water partition coefficient (Wildman–Crippen LogP) is 4.58. The number of anilines is 1. The van der Waals surface area contributed by atoms with Crippen LogP contribution in [0.2, 0.25) is 0 Å². The van der Waals surface area contributed by atoms with Gasteiger partial charge in [-0.1, -0.05) is 30.3 Å². The second kappa shape index (κ2) is 6.49. The van der Waals surface area contributed by atoms with Crippen molar-refractivity contribution >= 4 is 21.6 Å². The van der Waals surface area contributed by atoms with Gasteiger partial charge in [0.15, 0.2) is 0 Å². The largest absolute Gasteiger partial charge is 0.416 e. The maximum Gasteiger partial charge on any atom is 0.416 e. The van der Waals surface area contributed by atoms with Crippen LogP contribution in [0.4, 0.5) is 18.9 Å². The van der Waals surface area contributed by atoms with Crippen molar-refractivity contribution in [2.75, 3.05) is 11.9 Å². The number of hydrogen-bond acceptors (Lipinski definition) is 2. The molecule has 0 heterocycles. The normalized spacial score (nSPS) is 13.0. The fourth-order valence-electron chi connectivity index (χ4n) is 1.96. The second-order valence-electron chi connectivity index (χ2n) is 4.54. The van der Waals surface area contributed by atoms with Crippen molar-refractivity contribution in [1.29, 1.82) is 0 Å². The van der Waals surface area contributed by atoms with E-state index in [4.69, 9.17) is 5.73 Å². The van der Waals surface area contributed by atoms with E-state index in [0.717, 1.165) is 17.7 Å². The predicted molar refractivity (Wildman–Crippen MR) is 81.0 cm³/mol. The molecule has 0 radical (unpaired) electrons. The molecule has 1 unspecified atom stereocenters. The molecule has 0 spiro atoms. The van der Waals surface area contributed by atoms with Crippen molar-refractivity contribution in [3.05, 3.63) is 64.1 Å².